The maximum atomic E-state index is 11.1. The van der Waals surface area contributed by atoms with Gasteiger partial charge in [0.2, 0.25) is 0 Å². The molecule has 0 aliphatic carbocycles. The Morgan fingerprint density at radius 3 is 3.05 bits per heavy atom. The number of carbonyl (C=O) groups excluding carboxylic acids is 1. The van der Waals surface area contributed by atoms with Crippen molar-refractivity contribution in [1.82, 2.24) is 0 Å². The van der Waals surface area contributed by atoms with Crippen molar-refractivity contribution in [2.45, 2.75) is 31.0 Å². The molecule has 0 bridgehead atoms. The van der Waals surface area contributed by atoms with Gasteiger partial charge in [-0.1, -0.05) is 17.7 Å². The molecular weight excluding hydrogens is 280 g/mol. The molecule has 20 heavy (non-hydrogen) atoms. The quantitative estimate of drug-likeness (QED) is 0.805. The first-order valence-corrected chi connectivity index (χ1v) is 7.22. The standard InChI is InChI=1S/C15H17ClO4/c16-13-2-1-3-14(12(13)9-17)20-11-4-6-19-15(8-11)5-7-18-10-15/h1-3,9,11H,4-8,10H2. The van der Waals surface area contributed by atoms with Crippen LogP contribution in [0, 0.1) is 0 Å². The molecule has 2 unspecified atom stereocenters. The Labute approximate surface area is 123 Å². The molecule has 1 aromatic carbocycles. The minimum Gasteiger partial charge on any atom is -0.489 e. The zero-order chi connectivity index (χ0) is 14.0. The van der Waals surface area contributed by atoms with E-state index in [1.807, 2.05) is 0 Å². The summed E-state index contributed by atoms with van der Waals surface area (Å²) >= 11 is 6.01. The summed E-state index contributed by atoms with van der Waals surface area (Å²) in [6.07, 6.45) is 3.28. The molecule has 2 saturated heterocycles. The lowest BCUT2D eigenvalue weighted by molar-refractivity contribution is -0.112. The van der Waals surface area contributed by atoms with Crippen molar-refractivity contribution in [3.8, 4) is 5.75 Å². The Bertz CT molecular complexity index is 497. The van der Waals surface area contributed by atoms with Gasteiger partial charge in [-0.3, -0.25) is 4.79 Å². The van der Waals surface area contributed by atoms with Crippen molar-refractivity contribution in [1.29, 1.82) is 0 Å². The van der Waals surface area contributed by atoms with Crippen molar-refractivity contribution < 1.29 is 19.0 Å². The fourth-order valence-corrected chi connectivity index (χ4v) is 3.07. The molecule has 2 atom stereocenters. The van der Waals surface area contributed by atoms with Gasteiger partial charge in [0.05, 0.1) is 29.4 Å². The number of aldehydes is 1. The second kappa shape index (κ2) is 5.72. The highest BCUT2D eigenvalue weighted by atomic mass is 35.5. The number of hydrogen-bond donors (Lipinski definition) is 0. The van der Waals surface area contributed by atoms with Crippen LogP contribution < -0.4 is 4.74 Å². The van der Waals surface area contributed by atoms with Gasteiger partial charge in [-0.05, 0) is 12.1 Å². The lowest BCUT2D eigenvalue weighted by Crippen LogP contribution is -2.44. The first-order valence-electron chi connectivity index (χ1n) is 6.84. The molecule has 0 saturated carbocycles. The summed E-state index contributed by atoms with van der Waals surface area (Å²) in [6, 6.07) is 5.26. The highest BCUT2D eigenvalue weighted by Crippen LogP contribution is 2.35. The number of benzene rings is 1. The minimum absolute atomic E-state index is 0.0302. The van der Waals surface area contributed by atoms with Crippen LogP contribution in [0.1, 0.15) is 29.6 Å². The summed E-state index contributed by atoms with van der Waals surface area (Å²) in [5.74, 6) is 0.550. The van der Waals surface area contributed by atoms with Crippen molar-refractivity contribution >= 4 is 17.9 Å². The van der Waals surface area contributed by atoms with E-state index in [4.69, 9.17) is 25.8 Å². The van der Waals surface area contributed by atoms with Crippen LogP contribution in [-0.2, 0) is 9.47 Å². The first-order chi connectivity index (χ1) is 9.72. The monoisotopic (exact) mass is 296 g/mol. The number of halogens is 1. The molecule has 108 valence electrons. The molecule has 2 aliphatic rings. The molecule has 0 amide bonds. The van der Waals surface area contributed by atoms with E-state index < -0.39 is 0 Å². The van der Waals surface area contributed by atoms with Crippen LogP contribution in [0.4, 0.5) is 0 Å². The molecule has 2 aliphatic heterocycles. The third-order valence-corrected chi connectivity index (χ3v) is 4.27. The fourth-order valence-electron chi connectivity index (χ4n) is 2.86. The number of ether oxygens (including phenoxy) is 3. The molecule has 0 N–H and O–H groups in total. The van der Waals surface area contributed by atoms with Crippen LogP contribution in [0.15, 0.2) is 18.2 Å². The van der Waals surface area contributed by atoms with Gasteiger partial charge in [0.15, 0.2) is 6.29 Å². The number of carbonyl (C=O) groups is 1. The summed E-state index contributed by atoms with van der Waals surface area (Å²) in [5, 5.41) is 0.420. The molecular formula is C15H17ClO4. The molecule has 4 nitrogen and oxygen atoms in total. The number of rotatable bonds is 3. The topological polar surface area (TPSA) is 44.8 Å². The summed E-state index contributed by atoms with van der Waals surface area (Å²) in [5.41, 5.74) is 0.209. The van der Waals surface area contributed by atoms with E-state index >= 15 is 0 Å². The van der Waals surface area contributed by atoms with Crippen LogP contribution in [-0.4, -0.2) is 37.8 Å². The zero-order valence-electron chi connectivity index (χ0n) is 11.1. The van der Waals surface area contributed by atoms with Crippen molar-refractivity contribution in [3.05, 3.63) is 28.8 Å². The Kier molecular flexibility index (Phi) is 3.96. The SMILES string of the molecule is O=Cc1c(Cl)cccc1OC1CCOC2(CCOC2)C1. The largest absolute Gasteiger partial charge is 0.489 e. The molecule has 2 heterocycles. The molecule has 3 rings (SSSR count). The summed E-state index contributed by atoms with van der Waals surface area (Å²) in [7, 11) is 0. The average Bonchev–Trinajstić information content (AvgIpc) is 2.87. The smallest absolute Gasteiger partial charge is 0.155 e. The number of hydrogen-bond acceptors (Lipinski definition) is 4. The highest BCUT2D eigenvalue weighted by Gasteiger charge is 2.41. The van der Waals surface area contributed by atoms with Crippen LogP contribution in [0.3, 0.4) is 0 Å². The second-order valence-corrected chi connectivity index (χ2v) is 5.74. The Hall–Kier alpha value is -1.10. The maximum absolute atomic E-state index is 11.1. The van der Waals surface area contributed by atoms with Gasteiger partial charge in [0.25, 0.3) is 0 Å². The highest BCUT2D eigenvalue weighted by molar-refractivity contribution is 6.33. The van der Waals surface area contributed by atoms with Gasteiger partial charge in [-0.2, -0.15) is 0 Å². The van der Waals surface area contributed by atoms with E-state index in [2.05, 4.69) is 0 Å². The molecule has 1 aromatic rings. The van der Waals surface area contributed by atoms with E-state index in [0.717, 1.165) is 32.2 Å². The van der Waals surface area contributed by atoms with Gasteiger partial charge in [-0.15, -0.1) is 0 Å². The Balaban J connectivity index is 1.74. The fraction of sp³-hybridized carbons (Fsp3) is 0.533. The lowest BCUT2D eigenvalue weighted by Gasteiger charge is -2.37. The zero-order valence-corrected chi connectivity index (χ0v) is 11.9. The maximum Gasteiger partial charge on any atom is 0.155 e. The van der Waals surface area contributed by atoms with Gasteiger partial charge < -0.3 is 14.2 Å². The van der Waals surface area contributed by atoms with E-state index in [1.54, 1.807) is 18.2 Å². The molecule has 0 aromatic heterocycles. The van der Waals surface area contributed by atoms with Crippen LogP contribution in [0.25, 0.3) is 0 Å². The second-order valence-electron chi connectivity index (χ2n) is 5.34. The Morgan fingerprint density at radius 2 is 2.30 bits per heavy atom. The van der Waals surface area contributed by atoms with Crippen LogP contribution in [0.5, 0.6) is 5.75 Å². The molecule has 2 fully saturated rings. The third kappa shape index (κ3) is 2.68. The van der Waals surface area contributed by atoms with E-state index in [-0.39, 0.29) is 11.7 Å². The Morgan fingerprint density at radius 1 is 1.40 bits per heavy atom. The van der Waals surface area contributed by atoms with E-state index in [1.165, 1.54) is 0 Å². The van der Waals surface area contributed by atoms with E-state index in [9.17, 15) is 4.79 Å². The van der Waals surface area contributed by atoms with Gasteiger partial charge in [0.1, 0.15) is 11.9 Å². The van der Waals surface area contributed by atoms with Crippen LogP contribution >= 0.6 is 11.6 Å². The predicted molar refractivity (Wildman–Crippen MR) is 74.6 cm³/mol. The summed E-state index contributed by atoms with van der Waals surface area (Å²) < 4.78 is 17.3. The van der Waals surface area contributed by atoms with Gasteiger partial charge >= 0.3 is 0 Å². The normalized spacial score (nSPS) is 29.6. The lowest BCUT2D eigenvalue weighted by atomic mass is 9.91. The van der Waals surface area contributed by atoms with Crippen molar-refractivity contribution in [2.24, 2.45) is 0 Å². The van der Waals surface area contributed by atoms with Gasteiger partial charge in [-0.25, -0.2) is 0 Å². The van der Waals surface area contributed by atoms with Crippen molar-refractivity contribution in [3.63, 3.8) is 0 Å². The van der Waals surface area contributed by atoms with E-state index in [0.29, 0.717) is 29.5 Å². The minimum atomic E-state index is -0.206. The summed E-state index contributed by atoms with van der Waals surface area (Å²) in [6.45, 7) is 2.03. The van der Waals surface area contributed by atoms with Gasteiger partial charge in [0, 0.05) is 25.9 Å². The van der Waals surface area contributed by atoms with Crippen molar-refractivity contribution in [2.75, 3.05) is 19.8 Å². The summed E-state index contributed by atoms with van der Waals surface area (Å²) in [4.78, 5) is 11.1. The predicted octanol–water partition coefficient (Wildman–Crippen LogP) is 2.87. The van der Waals surface area contributed by atoms with Crippen LogP contribution in [0.2, 0.25) is 5.02 Å². The first kappa shape index (κ1) is 13.9. The average molecular weight is 297 g/mol. The molecule has 0 radical (unpaired) electrons. The molecule has 5 heteroatoms. The third-order valence-electron chi connectivity index (χ3n) is 3.94. The molecule has 1 spiro atoms.